The summed E-state index contributed by atoms with van der Waals surface area (Å²) in [6.07, 6.45) is 10.2. The van der Waals surface area contributed by atoms with Crippen molar-refractivity contribution in [3.8, 4) is 11.5 Å². The summed E-state index contributed by atoms with van der Waals surface area (Å²) in [4.78, 5) is 16.5. The molecule has 1 aromatic carbocycles. The molecule has 7 heteroatoms. The van der Waals surface area contributed by atoms with Crippen molar-refractivity contribution in [1.82, 2.24) is 14.9 Å². The first-order valence-electron chi connectivity index (χ1n) is 10.5. The highest BCUT2D eigenvalue weighted by Crippen LogP contribution is 2.33. The van der Waals surface area contributed by atoms with Crippen LogP contribution in [0, 0.1) is 0 Å². The molecule has 2 N–H and O–H groups in total. The zero-order valence-electron chi connectivity index (χ0n) is 17.0. The summed E-state index contributed by atoms with van der Waals surface area (Å²) in [6, 6.07) is 4.93. The first kappa shape index (κ1) is 21.2. The van der Waals surface area contributed by atoms with Gasteiger partial charge in [-0.15, -0.1) is 0 Å². The van der Waals surface area contributed by atoms with Crippen LogP contribution in [0.5, 0.6) is 11.5 Å². The molecule has 0 bridgehead atoms. The van der Waals surface area contributed by atoms with Gasteiger partial charge in [0.15, 0.2) is 11.5 Å². The molecule has 2 aromatic rings. The van der Waals surface area contributed by atoms with E-state index in [9.17, 15) is 9.90 Å². The molecule has 0 unspecified atom stereocenters. The minimum Gasteiger partial charge on any atom is -0.486 e. The highest BCUT2D eigenvalue weighted by Gasteiger charge is 2.25. The smallest absolute Gasteiger partial charge is 0.220 e. The topological polar surface area (TPSA) is 85.6 Å². The summed E-state index contributed by atoms with van der Waals surface area (Å²) in [7, 11) is 0. The van der Waals surface area contributed by atoms with Crippen LogP contribution < -0.4 is 14.8 Å². The third-order valence-corrected chi connectivity index (χ3v) is 5.11. The second-order valence-electron chi connectivity index (χ2n) is 7.45. The van der Waals surface area contributed by atoms with E-state index in [0.29, 0.717) is 43.2 Å². The van der Waals surface area contributed by atoms with Crippen molar-refractivity contribution in [3.63, 3.8) is 0 Å². The standard InChI is InChI=1S/C22H31N3O4/c1-2-3-4-5-6-7-21(26)24-18(15-25-11-10-23-16-25)22(27)17-8-9-19-20(14-17)29-13-12-28-19/h8-11,14,16,18,22,27H,2-7,12-13,15H2,1H3,(H,24,26)/t18-,22-/m1/s1. The number of nitrogens with zero attached hydrogens (tertiary/aromatic N) is 2. The Morgan fingerprint density at radius 3 is 2.76 bits per heavy atom. The van der Waals surface area contributed by atoms with Gasteiger partial charge in [0.2, 0.25) is 5.91 Å². The molecule has 0 radical (unpaired) electrons. The van der Waals surface area contributed by atoms with E-state index in [0.717, 1.165) is 19.3 Å². The predicted octanol–water partition coefficient (Wildman–Crippen LogP) is 3.23. The Hall–Kier alpha value is -2.54. The molecule has 0 aliphatic carbocycles. The molecule has 1 amide bonds. The van der Waals surface area contributed by atoms with Crippen LogP contribution in [0.25, 0.3) is 0 Å². The molecular formula is C22H31N3O4. The number of aromatic nitrogens is 2. The van der Waals surface area contributed by atoms with E-state index in [1.807, 2.05) is 16.8 Å². The molecule has 7 nitrogen and oxygen atoms in total. The molecule has 0 spiro atoms. The number of benzene rings is 1. The molecule has 2 heterocycles. The van der Waals surface area contributed by atoms with E-state index in [4.69, 9.17) is 9.47 Å². The Morgan fingerprint density at radius 2 is 2.00 bits per heavy atom. The lowest BCUT2D eigenvalue weighted by Gasteiger charge is -2.26. The average Bonchev–Trinajstić information content (AvgIpc) is 3.25. The van der Waals surface area contributed by atoms with Crippen molar-refractivity contribution >= 4 is 5.91 Å². The van der Waals surface area contributed by atoms with E-state index < -0.39 is 12.1 Å². The molecule has 1 aromatic heterocycles. The van der Waals surface area contributed by atoms with E-state index >= 15 is 0 Å². The van der Waals surface area contributed by atoms with Gasteiger partial charge in [0.1, 0.15) is 19.3 Å². The third-order valence-electron chi connectivity index (χ3n) is 5.11. The number of rotatable bonds is 11. The summed E-state index contributed by atoms with van der Waals surface area (Å²) in [5.41, 5.74) is 0.683. The minimum atomic E-state index is -0.878. The van der Waals surface area contributed by atoms with Gasteiger partial charge in [-0.05, 0) is 24.1 Å². The van der Waals surface area contributed by atoms with Crippen LogP contribution in [0.4, 0.5) is 0 Å². The molecule has 1 aliphatic heterocycles. The molecule has 1 aliphatic rings. The zero-order valence-corrected chi connectivity index (χ0v) is 17.0. The predicted molar refractivity (Wildman–Crippen MR) is 110 cm³/mol. The lowest BCUT2D eigenvalue weighted by molar-refractivity contribution is -0.123. The first-order chi connectivity index (χ1) is 14.2. The summed E-state index contributed by atoms with van der Waals surface area (Å²) >= 11 is 0. The van der Waals surface area contributed by atoms with Crippen molar-refractivity contribution in [2.24, 2.45) is 0 Å². The number of hydrogen-bond donors (Lipinski definition) is 2. The van der Waals surface area contributed by atoms with Gasteiger partial charge >= 0.3 is 0 Å². The second-order valence-corrected chi connectivity index (χ2v) is 7.45. The number of aliphatic hydroxyl groups excluding tert-OH is 1. The first-order valence-corrected chi connectivity index (χ1v) is 10.5. The maximum Gasteiger partial charge on any atom is 0.220 e. The summed E-state index contributed by atoms with van der Waals surface area (Å²) in [5, 5.41) is 14.0. The largest absolute Gasteiger partial charge is 0.486 e. The van der Waals surface area contributed by atoms with Crippen molar-refractivity contribution < 1.29 is 19.4 Å². The quantitative estimate of drug-likeness (QED) is 0.565. The number of hydrogen-bond acceptors (Lipinski definition) is 5. The third kappa shape index (κ3) is 6.22. The number of nitrogens with one attached hydrogen (secondary N) is 1. The second kappa shape index (κ2) is 10.9. The number of amides is 1. The monoisotopic (exact) mass is 401 g/mol. The molecule has 3 rings (SSSR count). The SMILES string of the molecule is CCCCCCCC(=O)N[C@H](Cn1ccnc1)[C@H](O)c1ccc2c(c1)OCCO2. The number of unbranched alkanes of at least 4 members (excludes halogenated alkanes) is 4. The van der Waals surface area contributed by atoms with Crippen LogP contribution in [0.3, 0.4) is 0 Å². The minimum absolute atomic E-state index is 0.0387. The van der Waals surface area contributed by atoms with Gasteiger partial charge in [-0.25, -0.2) is 4.98 Å². The summed E-state index contributed by atoms with van der Waals surface area (Å²) < 4.78 is 13.0. The Kier molecular flexibility index (Phi) is 7.93. The van der Waals surface area contributed by atoms with E-state index in [1.165, 1.54) is 12.8 Å². The van der Waals surface area contributed by atoms with E-state index in [-0.39, 0.29) is 5.91 Å². The molecule has 158 valence electrons. The van der Waals surface area contributed by atoms with Gasteiger partial charge in [-0.3, -0.25) is 4.79 Å². The van der Waals surface area contributed by atoms with Crippen LogP contribution in [0.1, 0.15) is 57.1 Å². The number of carbonyl (C=O) groups is 1. The van der Waals surface area contributed by atoms with Gasteiger partial charge in [0.25, 0.3) is 0 Å². The number of carbonyl (C=O) groups excluding carboxylic acids is 1. The van der Waals surface area contributed by atoms with Gasteiger partial charge in [-0.1, -0.05) is 38.7 Å². The molecule has 0 fully saturated rings. The number of fused-ring (bicyclic) bond motifs is 1. The summed E-state index contributed by atoms with van der Waals surface area (Å²) in [6.45, 7) is 3.61. The Morgan fingerprint density at radius 1 is 1.21 bits per heavy atom. The van der Waals surface area contributed by atoms with Gasteiger partial charge in [-0.2, -0.15) is 0 Å². The summed E-state index contributed by atoms with van der Waals surface area (Å²) in [5.74, 6) is 1.26. The van der Waals surface area contributed by atoms with Crippen molar-refractivity contribution in [2.75, 3.05) is 13.2 Å². The molecule has 2 atom stereocenters. The lowest BCUT2D eigenvalue weighted by atomic mass is 10.0. The van der Waals surface area contributed by atoms with Crippen molar-refractivity contribution in [1.29, 1.82) is 0 Å². The maximum atomic E-state index is 12.5. The van der Waals surface area contributed by atoms with Crippen LogP contribution >= 0.6 is 0 Å². The highest BCUT2D eigenvalue weighted by molar-refractivity contribution is 5.76. The number of ether oxygens (including phenoxy) is 2. The molecular weight excluding hydrogens is 370 g/mol. The van der Waals surface area contributed by atoms with Gasteiger partial charge < -0.3 is 24.5 Å². The van der Waals surface area contributed by atoms with Crippen molar-refractivity contribution in [2.45, 2.75) is 64.1 Å². The van der Waals surface area contributed by atoms with Crippen LogP contribution in [0.15, 0.2) is 36.9 Å². The fourth-order valence-electron chi connectivity index (χ4n) is 3.49. The lowest BCUT2D eigenvalue weighted by Crippen LogP contribution is -2.42. The Labute approximate surface area is 172 Å². The normalized spacial score (nSPS) is 15.0. The van der Waals surface area contributed by atoms with Crippen LogP contribution in [-0.4, -0.2) is 39.8 Å². The molecule has 0 saturated carbocycles. The average molecular weight is 402 g/mol. The molecule has 0 saturated heterocycles. The Balaban J connectivity index is 1.65. The fraction of sp³-hybridized carbons (Fsp3) is 0.545. The van der Waals surface area contributed by atoms with Gasteiger partial charge in [0, 0.05) is 25.4 Å². The van der Waals surface area contributed by atoms with Gasteiger partial charge in [0.05, 0.1) is 12.4 Å². The fourth-order valence-corrected chi connectivity index (χ4v) is 3.49. The number of aliphatic hydroxyl groups is 1. The van der Waals surface area contributed by atoms with Crippen LogP contribution in [-0.2, 0) is 11.3 Å². The highest BCUT2D eigenvalue weighted by atomic mass is 16.6. The zero-order chi connectivity index (χ0) is 20.5. The molecule has 29 heavy (non-hydrogen) atoms. The maximum absolute atomic E-state index is 12.5. The van der Waals surface area contributed by atoms with E-state index in [2.05, 4.69) is 17.2 Å². The Bertz CT molecular complexity index is 763. The van der Waals surface area contributed by atoms with Crippen LogP contribution in [0.2, 0.25) is 0 Å². The van der Waals surface area contributed by atoms with Crippen molar-refractivity contribution in [3.05, 3.63) is 42.5 Å². The van der Waals surface area contributed by atoms with E-state index in [1.54, 1.807) is 24.7 Å². The number of imidazole rings is 1.